The molecule has 0 bridgehead atoms. The van der Waals surface area contributed by atoms with Gasteiger partial charge in [0.1, 0.15) is 6.54 Å². The van der Waals surface area contributed by atoms with Crippen molar-refractivity contribution in [2.75, 3.05) is 19.7 Å². The van der Waals surface area contributed by atoms with Crippen LogP contribution in [0.15, 0.2) is 0 Å². The Morgan fingerprint density at radius 2 is 2.18 bits per heavy atom. The molecule has 1 aliphatic heterocycles. The summed E-state index contributed by atoms with van der Waals surface area (Å²) in [5, 5.41) is 0. The molecule has 0 radical (unpaired) electrons. The molecule has 0 aromatic heterocycles. The largest absolute Gasteiger partial charge is 0.465 e. The Morgan fingerprint density at radius 3 is 2.71 bits per heavy atom. The van der Waals surface area contributed by atoms with Gasteiger partial charge in [-0.25, -0.2) is 0 Å². The smallest absolute Gasteiger partial charge is 0.406 e. The average molecular weight is 253 g/mol. The van der Waals surface area contributed by atoms with Crippen LogP contribution in [0.4, 0.5) is 13.2 Å². The molecule has 0 saturated carbocycles. The first-order valence-corrected chi connectivity index (χ1v) is 5.34. The van der Waals surface area contributed by atoms with E-state index in [1.165, 1.54) is 0 Å². The molecule has 1 atom stereocenters. The van der Waals surface area contributed by atoms with Crippen LogP contribution in [0.5, 0.6) is 0 Å². The zero-order valence-corrected chi connectivity index (χ0v) is 9.42. The van der Waals surface area contributed by atoms with Crippen molar-refractivity contribution in [2.24, 2.45) is 5.92 Å². The van der Waals surface area contributed by atoms with Gasteiger partial charge in [-0.1, -0.05) is 6.92 Å². The second-order valence-corrected chi connectivity index (χ2v) is 3.96. The zero-order chi connectivity index (χ0) is 13.1. The predicted molar refractivity (Wildman–Crippen MR) is 52.0 cm³/mol. The Morgan fingerprint density at radius 1 is 1.53 bits per heavy atom. The van der Waals surface area contributed by atoms with Crippen LogP contribution >= 0.6 is 0 Å². The number of carbonyl (C=O) groups excluding carboxylic acids is 2. The van der Waals surface area contributed by atoms with Crippen LogP contribution in [0.25, 0.3) is 0 Å². The minimum absolute atomic E-state index is 0.196. The lowest BCUT2D eigenvalue weighted by Gasteiger charge is -2.18. The van der Waals surface area contributed by atoms with Crippen LogP contribution in [0.2, 0.25) is 0 Å². The van der Waals surface area contributed by atoms with Crippen LogP contribution in [-0.4, -0.2) is 42.6 Å². The summed E-state index contributed by atoms with van der Waals surface area (Å²) < 4.78 is 41.1. The third-order valence-corrected chi connectivity index (χ3v) is 2.37. The molecule has 1 saturated heterocycles. The van der Waals surface area contributed by atoms with Crippen molar-refractivity contribution in [2.45, 2.75) is 25.9 Å². The molecule has 1 heterocycles. The molecule has 1 unspecified atom stereocenters. The number of hydrogen-bond acceptors (Lipinski definition) is 3. The highest BCUT2D eigenvalue weighted by Gasteiger charge is 2.41. The van der Waals surface area contributed by atoms with Crippen LogP contribution in [-0.2, 0) is 14.3 Å². The van der Waals surface area contributed by atoms with Crippen molar-refractivity contribution >= 4 is 11.9 Å². The van der Waals surface area contributed by atoms with Crippen LogP contribution in [0, 0.1) is 5.92 Å². The maximum absolute atomic E-state index is 12.1. The molecular formula is C10H14F3NO3. The van der Waals surface area contributed by atoms with Crippen molar-refractivity contribution in [3.63, 3.8) is 0 Å². The molecule has 1 rings (SSSR count). The Hall–Kier alpha value is -1.27. The number of rotatable bonds is 4. The molecule has 1 aliphatic rings. The zero-order valence-electron chi connectivity index (χ0n) is 9.42. The molecule has 0 spiro atoms. The first-order chi connectivity index (χ1) is 7.83. The molecule has 17 heavy (non-hydrogen) atoms. The summed E-state index contributed by atoms with van der Waals surface area (Å²) in [6.45, 7) is 0.524. The number of likely N-dealkylation sites (tertiary alicyclic amines) is 1. The molecule has 1 fully saturated rings. The number of esters is 1. The summed E-state index contributed by atoms with van der Waals surface area (Å²) in [6, 6.07) is 0. The summed E-state index contributed by atoms with van der Waals surface area (Å²) in [5.41, 5.74) is 0. The topological polar surface area (TPSA) is 46.6 Å². The minimum Gasteiger partial charge on any atom is -0.465 e. The third-order valence-electron chi connectivity index (χ3n) is 2.37. The van der Waals surface area contributed by atoms with E-state index in [9.17, 15) is 22.8 Å². The molecule has 4 nitrogen and oxygen atoms in total. The number of alkyl halides is 3. The van der Waals surface area contributed by atoms with Gasteiger partial charge in [-0.15, -0.1) is 0 Å². The molecule has 0 aromatic rings. The van der Waals surface area contributed by atoms with Crippen molar-refractivity contribution in [1.82, 2.24) is 4.90 Å². The van der Waals surface area contributed by atoms with Gasteiger partial charge in [0.05, 0.1) is 12.5 Å². The SMILES string of the molecule is CCCOC(=O)C1CC(=O)N(CC(F)(F)F)C1. The lowest BCUT2D eigenvalue weighted by molar-refractivity contribution is -0.158. The highest BCUT2D eigenvalue weighted by atomic mass is 19.4. The summed E-state index contributed by atoms with van der Waals surface area (Å²) in [4.78, 5) is 23.3. The van der Waals surface area contributed by atoms with Gasteiger partial charge in [0.2, 0.25) is 5.91 Å². The summed E-state index contributed by atoms with van der Waals surface area (Å²) in [6.07, 6.45) is -3.99. The van der Waals surface area contributed by atoms with E-state index in [0.29, 0.717) is 11.3 Å². The van der Waals surface area contributed by atoms with Gasteiger partial charge in [0.25, 0.3) is 0 Å². The molecular weight excluding hydrogens is 239 g/mol. The van der Waals surface area contributed by atoms with Gasteiger partial charge >= 0.3 is 12.1 Å². The second-order valence-electron chi connectivity index (χ2n) is 3.96. The van der Waals surface area contributed by atoms with Crippen LogP contribution in [0.1, 0.15) is 19.8 Å². The van der Waals surface area contributed by atoms with Gasteiger partial charge in [-0.05, 0) is 6.42 Å². The highest BCUT2D eigenvalue weighted by molar-refractivity contribution is 5.86. The maximum atomic E-state index is 12.1. The molecule has 98 valence electrons. The van der Waals surface area contributed by atoms with Gasteiger partial charge in [-0.3, -0.25) is 9.59 Å². The number of amides is 1. The Bertz CT molecular complexity index is 304. The van der Waals surface area contributed by atoms with Gasteiger partial charge in [0, 0.05) is 13.0 Å². The number of nitrogens with zero attached hydrogens (tertiary/aromatic N) is 1. The Kier molecular flexibility index (Phi) is 4.36. The van der Waals surface area contributed by atoms with E-state index >= 15 is 0 Å². The fourth-order valence-corrected chi connectivity index (χ4v) is 1.62. The van der Waals surface area contributed by atoms with Crippen LogP contribution < -0.4 is 0 Å². The van der Waals surface area contributed by atoms with E-state index < -0.39 is 30.5 Å². The van der Waals surface area contributed by atoms with Crippen molar-refractivity contribution in [3.05, 3.63) is 0 Å². The number of carbonyl (C=O) groups is 2. The first kappa shape index (κ1) is 13.8. The summed E-state index contributed by atoms with van der Waals surface area (Å²) >= 11 is 0. The lowest BCUT2D eigenvalue weighted by Crippen LogP contribution is -2.35. The highest BCUT2D eigenvalue weighted by Crippen LogP contribution is 2.24. The monoisotopic (exact) mass is 253 g/mol. The van der Waals surface area contributed by atoms with Crippen LogP contribution in [0.3, 0.4) is 0 Å². The van der Waals surface area contributed by atoms with E-state index in [4.69, 9.17) is 4.74 Å². The quantitative estimate of drug-likeness (QED) is 0.710. The Balaban J connectivity index is 2.49. The van der Waals surface area contributed by atoms with E-state index in [-0.39, 0.29) is 19.6 Å². The third kappa shape index (κ3) is 4.24. The summed E-state index contributed by atoms with van der Waals surface area (Å²) in [7, 11) is 0. The Labute approximate surface area is 96.7 Å². The van der Waals surface area contributed by atoms with E-state index in [0.717, 1.165) is 0 Å². The predicted octanol–water partition coefficient (Wildman–Crippen LogP) is 1.35. The maximum Gasteiger partial charge on any atom is 0.406 e. The molecule has 1 amide bonds. The molecule has 0 aliphatic carbocycles. The number of halogens is 3. The van der Waals surface area contributed by atoms with Crippen molar-refractivity contribution < 1.29 is 27.5 Å². The lowest BCUT2D eigenvalue weighted by atomic mass is 10.1. The first-order valence-electron chi connectivity index (χ1n) is 5.34. The van der Waals surface area contributed by atoms with Gasteiger partial charge < -0.3 is 9.64 Å². The average Bonchev–Trinajstić information content (AvgIpc) is 2.54. The fourth-order valence-electron chi connectivity index (χ4n) is 1.62. The van der Waals surface area contributed by atoms with E-state index in [1.807, 2.05) is 6.92 Å². The number of ether oxygens (including phenoxy) is 1. The van der Waals surface area contributed by atoms with E-state index in [2.05, 4.69) is 0 Å². The second kappa shape index (κ2) is 5.37. The normalized spacial score (nSPS) is 20.8. The molecule has 0 N–H and O–H groups in total. The van der Waals surface area contributed by atoms with Crippen molar-refractivity contribution in [3.8, 4) is 0 Å². The van der Waals surface area contributed by atoms with Crippen molar-refractivity contribution in [1.29, 1.82) is 0 Å². The standard InChI is InChI=1S/C10H14F3NO3/c1-2-3-17-9(16)7-4-8(15)14(5-7)6-10(11,12)13/h7H,2-6H2,1H3. The fraction of sp³-hybridized carbons (Fsp3) is 0.800. The van der Waals surface area contributed by atoms with Gasteiger partial charge in [0.15, 0.2) is 0 Å². The van der Waals surface area contributed by atoms with E-state index in [1.54, 1.807) is 0 Å². The molecule has 7 heteroatoms. The minimum atomic E-state index is -4.43. The van der Waals surface area contributed by atoms with Gasteiger partial charge in [-0.2, -0.15) is 13.2 Å². The number of hydrogen-bond donors (Lipinski definition) is 0. The molecule has 0 aromatic carbocycles. The summed E-state index contributed by atoms with van der Waals surface area (Å²) in [5.74, 6) is -2.01.